The van der Waals surface area contributed by atoms with E-state index in [1.54, 1.807) is 7.05 Å². The quantitative estimate of drug-likeness (QED) is 0.818. The van der Waals surface area contributed by atoms with E-state index in [0.717, 1.165) is 18.9 Å². The van der Waals surface area contributed by atoms with E-state index >= 15 is 0 Å². The van der Waals surface area contributed by atoms with Gasteiger partial charge in [-0.2, -0.15) is 0 Å². The van der Waals surface area contributed by atoms with Crippen LogP contribution < -0.4 is 10.6 Å². The molecule has 2 rings (SSSR count). The smallest absolute Gasteiger partial charge is 0.168 e. The van der Waals surface area contributed by atoms with E-state index in [9.17, 15) is 8.78 Å². The number of rotatable bonds is 6. The Morgan fingerprint density at radius 1 is 1.28 bits per heavy atom. The standard InChI is InChI=1S/C13H19F2N3/c1-3-4-13(5-6-13)8-17-12-10(15)7-9(14)11(16-2)18-12/h7H,3-6,8H2,1-2H3,(H2,16,17,18). The van der Waals surface area contributed by atoms with Crippen LogP contribution in [0.4, 0.5) is 20.4 Å². The Morgan fingerprint density at radius 3 is 2.50 bits per heavy atom. The maximum atomic E-state index is 13.6. The highest BCUT2D eigenvalue weighted by Crippen LogP contribution is 2.49. The Labute approximate surface area is 106 Å². The van der Waals surface area contributed by atoms with Gasteiger partial charge >= 0.3 is 0 Å². The summed E-state index contributed by atoms with van der Waals surface area (Å²) in [5.41, 5.74) is 0.303. The molecule has 3 nitrogen and oxygen atoms in total. The maximum absolute atomic E-state index is 13.6. The fraction of sp³-hybridized carbons (Fsp3) is 0.615. The lowest BCUT2D eigenvalue weighted by atomic mass is 10.0. The lowest BCUT2D eigenvalue weighted by molar-refractivity contribution is 0.482. The summed E-state index contributed by atoms with van der Waals surface area (Å²) in [6.45, 7) is 2.86. The number of hydrogen-bond donors (Lipinski definition) is 2. The molecule has 0 radical (unpaired) electrons. The number of anilines is 2. The zero-order valence-corrected chi connectivity index (χ0v) is 10.8. The molecule has 1 aliphatic rings. The zero-order chi connectivity index (χ0) is 13.2. The van der Waals surface area contributed by atoms with Crippen molar-refractivity contribution in [2.45, 2.75) is 32.6 Å². The normalized spacial score (nSPS) is 16.4. The van der Waals surface area contributed by atoms with Crippen molar-refractivity contribution in [1.29, 1.82) is 0 Å². The minimum Gasteiger partial charge on any atom is -0.371 e. The molecule has 1 aliphatic carbocycles. The first-order valence-electron chi connectivity index (χ1n) is 6.38. The summed E-state index contributed by atoms with van der Waals surface area (Å²) in [5.74, 6) is -1.11. The minimum atomic E-state index is -0.671. The lowest BCUT2D eigenvalue weighted by Gasteiger charge is -2.16. The van der Waals surface area contributed by atoms with Gasteiger partial charge in [0.15, 0.2) is 23.3 Å². The number of halogens is 2. The first-order chi connectivity index (χ1) is 8.60. The summed E-state index contributed by atoms with van der Waals surface area (Å²) in [5, 5.41) is 5.62. The SMILES string of the molecule is CCCC1(CNc2nc(NC)c(F)cc2F)CC1. The molecule has 0 aliphatic heterocycles. The van der Waals surface area contributed by atoms with Crippen LogP contribution in [-0.4, -0.2) is 18.6 Å². The van der Waals surface area contributed by atoms with Gasteiger partial charge in [-0.25, -0.2) is 13.8 Å². The number of nitrogens with zero attached hydrogens (tertiary/aromatic N) is 1. The van der Waals surface area contributed by atoms with Gasteiger partial charge in [0.05, 0.1) is 0 Å². The van der Waals surface area contributed by atoms with Gasteiger partial charge < -0.3 is 10.6 Å². The summed E-state index contributed by atoms with van der Waals surface area (Å²) in [7, 11) is 1.56. The van der Waals surface area contributed by atoms with Crippen LogP contribution in [0.3, 0.4) is 0 Å². The van der Waals surface area contributed by atoms with Crippen LogP contribution in [0.25, 0.3) is 0 Å². The van der Waals surface area contributed by atoms with Crippen LogP contribution in [0.5, 0.6) is 0 Å². The molecule has 100 valence electrons. The number of pyridine rings is 1. The van der Waals surface area contributed by atoms with Gasteiger partial charge in [-0.1, -0.05) is 13.3 Å². The third-order valence-electron chi connectivity index (χ3n) is 3.53. The Bertz CT molecular complexity index is 430. The number of hydrogen-bond acceptors (Lipinski definition) is 3. The molecule has 0 aromatic carbocycles. The van der Waals surface area contributed by atoms with Crippen molar-refractivity contribution in [1.82, 2.24) is 4.98 Å². The molecule has 1 fully saturated rings. The molecule has 0 bridgehead atoms. The number of nitrogens with one attached hydrogen (secondary N) is 2. The molecular formula is C13H19F2N3. The molecule has 5 heteroatoms. The molecule has 2 N–H and O–H groups in total. The predicted octanol–water partition coefficient (Wildman–Crippen LogP) is 3.39. The van der Waals surface area contributed by atoms with Crippen molar-refractivity contribution in [3.05, 3.63) is 17.7 Å². The van der Waals surface area contributed by atoms with E-state index in [2.05, 4.69) is 22.5 Å². The molecule has 1 aromatic heterocycles. The Kier molecular flexibility index (Phi) is 3.68. The van der Waals surface area contributed by atoms with E-state index in [1.807, 2.05) is 0 Å². The Morgan fingerprint density at radius 2 is 1.94 bits per heavy atom. The first-order valence-corrected chi connectivity index (χ1v) is 6.38. The third kappa shape index (κ3) is 2.71. The monoisotopic (exact) mass is 255 g/mol. The van der Waals surface area contributed by atoms with Gasteiger partial charge in [0.2, 0.25) is 0 Å². The van der Waals surface area contributed by atoms with Gasteiger partial charge in [-0.3, -0.25) is 0 Å². The highest BCUT2D eigenvalue weighted by atomic mass is 19.1. The van der Waals surface area contributed by atoms with Crippen molar-refractivity contribution < 1.29 is 8.78 Å². The molecule has 0 spiro atoms. The first kappa shape index (κ1) is 13.1. The maximum Gasteiger partial charge on any atom is 0.168 e. The second-order valence-electron chi connectivity index (χ2n) is 5.00. The second-order valence-corrected chi connectivity index (χ2v) is 5.00. The van der Waals surface area contributed by atoms with E-state index in [1.165, 1.54) is 12.8 Å². The molecule has 0 amide bonds. The highest BCUT2D eigenvalue weighted by Gasteiger charge is 2.41. The van der Waals surface area contributed by atoms with Crippen LogP contribution in [0.1, 0.15) is 32.6 Å². The van der Waals surface area contributed by atoms with Gasteiger partial charge in [-0.05, 0) is 24.7 Å². The summed E-state index contributed by atoms with van der Waals surface area (Å²) >= 11 is 0. The van der Waals surface area contributed by atoms with E-state index in [0.29, 0.717) is 12.0 Å². The van der Waals surface area contributed by atoms with E-state index in [4.69, 9.17) is 0 Å². The highest BCUT2D eigenvalue weighted by molar-refractivity contribution is 5.47. The molecule has 0 unspecified atom stereocenters. The van der Waals surface area contributed by atoms with Crippen molar-refractivity contribution in [3.63, 3.8) is 0 Å². The topological polar surface area (TPSA) is 37.0 Å². The molecular weight excluding hydrogens is 236 g/mol. The van der Waals surface area contributed by atoms with Gasteiger partial charge in [0.1, 0.15) is 0 Å². The van der Waals surface area contributed by atoms with Crippen LogP contribution in [0.15, 0.2) is 6.07 Å². The Balaban J connectivity index is 2.05. The van der Waals surface area contributed by atoms with Crippen molar-refractivity contribution in [2.24, 2.45) is 5.41 Å². The Hall–Kier alpha value is -1.39. The fourth-order valence-corrected chi connectivity index (χ4v) is 2.26. The molecule has 1 heterocycles. The third-order valence-corrected chi connectivity index (χ3v) is 3.53. The van der Waals surface area contributed by atoms with Crippen LogP contribution in [0.2, 0.25) is 0 Å². The number of aromatic nitrogens is 1. The van der Waals surface area contributed by atoms with Crippen molar-refractivity contribution in [2.75, 3.05) is 24.2 Å². The van der Waals surface area contributed by atoms with Crippen molar-refractivity contribution in [3.8, 4) is 0 Å². The van der Waals surface area contributed by atoms with Crippen LogP contribution >= 0.6 is 0 Å². The van der Waals surface area contributed by atoms with E-state index < -0.39 is 11.6 Å². The zero-order valence-electron chi connectivity index (χ0n) is 10.8. The summed E-state index contributed by atoms with van der Waals surface area (Å²) in [4.78, 5) is 3.91. The molecule has 1 aromatic rings. The molecule has 18 heavy (non-hydrogen) atoms. The molecule has 0 atom stereocenters. The average Bonchev–Trinajstić information content (AvgIpc) is 3.09. The molecule has 1 saturated carbocycles. The van der Waals surface area contributed by atoms with Crippen molar-refractivity contribution >= 4 is 11.6 Å². The van der Waals surface area contributed by atoms with E-state index in [-0.39, 0.29) is 11.6 Å². The summed E-state index contributed by atoms with van der Waals surface area (Å²) < 4.78 is 26.8. The summed E-state index contributed by atoms with van der Waals surface area (Å²) in [6, 6.07) is 0.862. The second kappa shape index (κ2) is 5.08. The predicted molar refractivity (Wildman–Crippen MR) is 68.8 cm³/mol. The van der Waals surface area contributed by atoms with Gasteiger partial charge in [0.25, 0.3) is 0 Å². The minimum absolute atomic E-state index is 0.0687. The van der Waals surface area contributed by atoms with Crippen LogP contribution in [-0.2, 0) is 0 Å². The van der Waals surface area contributed by atoms with Crippen LogP contribution in [0, 0.1) is 17.0 Å². The average molecular weight is 255 g/mol. The van der Waals surface area contributed by atoms with Gasteiger partial charge in [-0.15, -0.1) is 0 Å². The summed E-state index contributed by atoms with van der Waals surface area (Å²) in [6.07, 6.45) is 4.62. The molecule has 0 saturated heterocycles. The lowest BCUT2D eigenvalue weighted by Crippen LogP contribution is -2.17. The largest absolute Gasteiger partial charge is 0.371 e. The van der Waals surface area contributed by atoms with Gasteiger partial charge in [0, 0.05) is 19.7 Å². The fourth-order valence-electron chi connectivity index (χ4n) is 2.26.